The van der Waals surface area contributed by atoms with Crippen molar-refractivity contribution in [2.75, 3.05) is 13.2 Å². The van der Waals surface area contributed by atoms with Gasteiger partial charge in [-0.25, -0.2) is 18.3 Å². The van der Waals surface area contributed by atoms with E-state index in [1.54, 1.807) is 13.8 Å². The average Bonchev–Trinajstić information content (AvgIpc) is 3.62. The molecule has 0 saturated carbocycles. The smallest absolute Gasteiger partial charge is 0.406 e. The molecular weight excluding hydrogens is 962 g/mol. The van der Waals surface area contributed by atoms with Crippen molar-refractivity contribution in [1.82, 2.24) is 0 Å². The Labute approximate surface area is 356 Å². The van der Waals surface area contributed by atoms with Gasteiger partial charge in [0.1, 0.15) is 58.7 Å². The number of aliphatic hydroxyl groups excluding tert-OH is 1. The molecule has 0 amide bonds. The molecule has 0 aliphatic carbocycles. The zero-order valence-corrected chi connectivity index (χ0v) is 37.9. The number of halogens is 6. The fourth-order valence-electron chi connectivity index (χ4n) is 4.86. The molecular formula is C25H40B2Cl6O19P4. The third-order valence-corrected chi connectivity index (χ3v) is 12.7. The number of aliphatic hydroxyl groups is 1. The first-order chi connectivity index (χ1) is 25.0. The number of carbonyl (C=O) groups excluding carboxylic acids is 1. The van der Waals surface area contributed by atoms with Crippen molar-refractivity contribution < 1.29 is 88.7 Å². The molecule has 3 aliphatic rings. The third kappa shape index (κ3) is 22.2. The maximum Gasteiger partial charge on any atom is 0.536 e. The second kappa shape index (κ2) is 22.4. The summed E-state index contributed by atoms with van der Waals surface area (Å²) in [6.07, 6.45) is -1.96. The van der Waals surface area contributed by atoms with E-state index in [0.29, 0.717) is 6.42 Å². The van der Waals surface area contributed by atoms with Crippen LogP contribution in [0.15, 0.2) is 24.7 Å². The summed E-state index contributed by atoms with van der Waals surface area (Å²) >= 11 is 33.4. The van der Waals surface area contributed by atoms with Gasteiger partial charge < -0.3 is 43.0 Å². The Morgan fingerprint density at radius 2 is 1.14 bits per heavy atom. The van der Waals surface area contributed by atoms with Gasteiger partial charge in [0.15, 0.2) is 5.78 Å². The minimum absolute atomic E-state index is 0.0209. The maximum atomic E-state index is 12.7. The predicted molar refractivity (Wildman–Crippen MR) is 206 cm³/mol. The lowest BCUT2D eigenvalue weighted by atomic mass is 9.91. The molecule has 3 heterocycles. The quantitative estimate of drug-likeness (QED) is 0.0529. The Morgan fingerprint density at radius 3 is 1.46 bits per heavy atom. The molecule has 0 aromatic carbocycles. The highest BCUT2D eigenvalue weighted by Crippen LogP contribution is 2.67. The second-order valence-corrected chi connectivity index (χ2v) is 23.3. The molecule has 0 bridgehead atoms. The van der Waals surface area contributed by atoms with E-state index in [2.05, 4.69) is 26.3 Å². The Morgan fingerprint density at radius 1 is 0.714 bits per heavy atom. The lowest BCUT2D eigenvalue weighted by Crippen LogP contribution is -2.23. The molecule has 3 aliphatic heterocycles. The number of hydrogen-bond donors (Lipinski definition) is 5. The second-order valence-electron chi connectivity index (χ2n) is 12.3. The fraction of sp³-hybridized carbons (Fsp3) is 0.800. The highest BCUT2D eigenvalue weighted by atomic mass is 35.6. The molecule has 0 aromatic heterocycles. The van der Waals surface area contributed by atoms with Gasteiger partial charge in [-0.3, -0.25) is 18.7 Å². The number of rotatable bonds is 15. The fourth-order valence-corrected chi connectivity index (χ4v) is 9.96. The first-order valence-corrected chi connectivity index (χ1v) is 23.9. The SMILES string of the molecule is C=C(OP(=O)(O)OP(=O)(O)OP(=O)(O)O)[C@H]1O[C@@H](C)CC1O.[B][C@H]1CC(C)[C@@H](C(=C)OP(=O)(OCC(Cl)(Cl)Cl)OCC(Cl)(Cl)Cl)O1.[B][C@H]1CC(C)[C@@H](C(C)=O)O1. The summed E-state index contributed by atoms with van der Waals surface area (Å²) in [5, 5.41) is 9.60. The minimum atomic E-state index is -5.60. The van der Waals surface area contributed by atoms with E-state index >= 15 is 0 Å². The van der Waals surface area contributed by atoms with Gasteiger partial charge in [-0.2, -0.15) is 8.62 Å². The maximum absolute atomic E-state index is 12.7. The van der Waals surface area contributed by atoms with Gasteiger partial charge in [0.05, 0.1) is 12.2 Å². The summed E-state index contributed by atoms with van der Waals surface area (Å²) in [5.41, 5.74) is 0. The van der Waals surface area contributed by atoms with E-state index in [1.807, 2.05) is 13.8 Å². The van der Waals surface area contributed by atoms with Crippen molar-refractivity contribution in [2.24, 2.45) is 11.8 Å². The van der Waals surface area contributed by atoms with Gasteiger partial charge in [-0.05, 0) is 38.5 Å². The van der Waals surface area contributed by atoms with Crippen LogP contribution in [0.5, 0.6) is 0 Å². The van der Waals surface area contributed by atoms with Crippen molar-refractivity contribution in [3.8, 4) is 0 Å². The summed E-state index contributed by atoms with van der Waals surface area (Å²) in [6, 6.07) is -0.724. The number of phosphoric acid groups is 4. The molecule has 4 radical (unpaired) electrons. The highest BCUT2D eigenvalue weighted by molar-refractivity contribution is 7.66. The number of phosphoric ester groups is 2. The molecule has 0 spiro atoms. The molecule has 31 heteroatoms. The minimum Gasteiger partial charge on any atom is -0.406 e. The van der Waals surface area contributed by atoms with Crippen molar-refractivity contribution >= 4 is 122 Å². The van der Waals surface area contributed by atoms with E-state index in [1.165, 1.54) is 0 Å². The first kappa shape index (κ1) is 55.1. The summed E-state index contributed by atoms with van der Waals surface area (Å²) in [5.74, 6) is -0.249. The normalized spacial score (nSPS) is 30.4. The predicted octanol–water partition coefficient (Wildman–Crippen LogP) is 6.19. The van der Waals surface area contributed by atoms with Crippen LogP contribution in [0.1, 0.15) is 47.0 Å². The van der Waals surface area contributed by atoms with E-state index in [4.69, 9.17) is 128 Å². The van der Waals surface area contributed by atoms with Gasteiger partial charge in [0.25, 0.3) is 0 Å². The zero-order chi connectivity index (χ0) is 43.8. The number of alkyl halides is 6. The van der Waals surface area contributed by atoms with Crippen molar-refractivity contribution in [1.29, 1.82) is 0 Å². The molecule has 56 heavy (non-hydrogen) atoms. The molecule has 3 rings (SSSR count). The van der Waals surface area contributed by atoms with Crippen LogP contribution in [-0.4, -0.2) is 109 Å². The van der Waals surface area contributed by atoms with E-state index in [-0.39, 0.29) is 48.0 Å². The summed E-state index contributed by atoms with van der Waals surface area (Å²) < 4.78 is 84.3. The lowest BCUT2D eigenvalue weighted by molar-refractivity contribution is -0.127. The van der Waals surface area contributed by atoms with Crippen LogP contribution in [0.4, 0.5) is 0 Å². The topological polar surface area (TPSA) is 270 Å². The molecule has 322 valence electrons. The van der Waals surface area contributed by atoms with Crippen LogP contribution in [-0.2, 0) is 64.0 Å². The van der Waals surface area contributed by atoms with Crippen LogP contribution in [0.2, 0.25) is 0 Å². The largest absolute Gasteiger partial charge is 0.536 e. The molecule has 11 atom stereocenters. The van der Waals surface area contributed by atoms with Gasteiger partial charge >= 0.3 is 31.3 Å². The summed E-state index contributed by atoms with van der Waals surface area (Å²) in [7, 11) is -9.50. The molecule has 5 N–H and O–H groups in total. The van der Waals surface area contributed by atoms with Crippen LogP contribution in [0, 0.1) is 11.8 Å². The van der Waals surface area contributed by atoms with Crippen LogP contribution in [0.25, 0.3) is 0 Å². The van der Waals surface area contributed by atoms with Gasteiger partial charge in [0, 0.05) is 18.4 Å². The standard InChI is InChI=1S/C11H14BCl6O5P.C7H11BO2.C7H15O12P3/c1-6-3-8(12)22-9(6)7(2)23-24(19,20-4-10(13,14)15)21-5-11(16,17)18;1-4-3-6(8)10-7(4)5(2)9;1-4-3-6(8)7(16-4)5(2)17-21(12,13)19-22(14,15)18-20(9,10)11/h6,8-9H,2-5H2,1H3;4,6-7H,3H2,1-2H3;4,6-8H,2-3H2,1H3,(H,12,13)(H,14,15)(H2,9,10,11)/t6?,8-,9+;4?,6-,7+;4-,6?,7+/m110/s1. The average molecular weight is 1000 g/mol. The molecule has 3 saturated heterocycles. The van der Waals surface area contributed by atoms with Gasteiger partial charge in [-0.15, -0.1) is 0 Å². The molecule has 5 unspecified atom stereocenters. The Hall–Kier alpha value is 1.06. The Balaban J connectivity index is 0.000000452. The summed E-state index contributed by atoms with van der Waals surface area (Å²) in [6.45, 7) is 12.7. The molecule has 0 aromatic rings. The Bertz CT molecular complexity index is 1530. The van der Waals surface area contributed by atoms with Crippen LogP contribution < -0.4 is 0 Å². The Kier molecular flexibility index (Phi) is 22.1. The van der Waals surface area contributed by atoms with Crippen LogP contribution >= 0.6 is 101 Å². The van der Waals surface area contributed by atoms with E-state index in [9.17, 15) is 33.1 Å². The van der Waals surface area contributed by atoms with Gasteiger partial charge in [0.2, 0.25) is 7.59 Å². The van der Waals surface area contributed by atoms with Crippen LogP contribution in [0.3, 0.4) is 0 Å². The first-order valence-electron chi connectivity index (χ1n) is 15.6. The van der Waals surface area contributed by atoms with Gasteiger partial charge in [-0.1, -0.05) is 96.6 Å². The van der Waals surface area contributed by atoms with E-state index in [0.717, 1.165) is 6.42 Å². The van der Waals surface area contributed by atoms with E-state index < -0.39 is 82.2 Å². The van der Waals surface area contributed by atoms with Crippen molar-refractivity contribution in [2.45, 2.75) is 97.1 Å². The lowest BCUT2D eigenvalue weighted by Gasteiger charge is -2.25. The third-order valence-electron chi connectivity index (χ3n) is 6.87. The molecule has 19 nitrogen and oxygen atoms in total. The van der Waals surface area contributed by atoms with Crippen molar-refractivity contribution in [3.63, 3.8) is 0 Å². The number of Topliss-reactive ketones (excluding diaryl/α,β-unsaturated/α-hetero) is 1. The zero-order valence-electron chi connectivity index (χ0n) is 29.8. The summed E-state index contributed by atoms with van der Waals surface area (Å²) in [4.78, 5) is 45.8. The molecule has 3 fully saturated rings. The number of hydrogen-bond acceptors (Lipinski definition) is 15. The number of ketones is 1. The van der Waals surface area contributed by atoms with Crippen molar-refractivity contribution in [3.05, 3.63) is 24.7 Å². The monoisotopic (exact) mass is 1000 g/mol. The number of ether oxygens (including phenoxy) is 3. The highest BCUT2D eigenvalue weighted by Gasteiger charge is 2.44. The number of carbonyl (C=O) groups is 1.